The van der Waals surface area contributed by atoms with E-state index in [2.05, 4.69) is 22.0 Å². The van der Waals surface area contributed by atoms with E-state index in [9.17, 15) is 4.79 Å². The van der Waals surface area contributed by atoms with E-state index in [1.54, 1.807) is 18.2 Å². The fraction of sp³-hybridized carbons (Fsp3) is 0.385. The Bertz CT molecular complexity index is 465. The third-order valence-electron chi connectivity index (χ3n) is 2.45. The maximum Gasteiger partial charge on any atom is 0.149 e. The molecule has 0 radical (unpaired) electrons. The van der Waals surface area contributed by atoms with Crippen molar-refractivity contribution in [1.29, 1.82) is 5.26 Å². The Labute approximate surface area is 115 Å². The SMILES string of the molecule is CC(C)C(=O)C(Br)Cc1cc(C#N)ccc1Cl. The molecule has 0 spiro atoms. The van der Waals surface area contributed by atoms with Crippen molar-refractivity contribution >= 4 is 33.3 Å². The summed E-state index contributed by atoms with van der Waals surface area (Å²) in [6, 6.07) is 7.14. The highest BCUT2D eigenvalue weighted by molar-refractivity contribution is 9.10. The molecule has 0 saturated carbocycles. The standard InChI is InChI=1S/C13H13BrClNO/c1-8(2)13(17)11(14)6-10-5-9(7-16)3-4-12(10)15/h3-5,8,11H,6H2,1-2H3. The van der Waals surface area contributed by atoms with E-state index in [0.29, 0.717) is 17.0 Å². The van der Waals surface area contributed by atoms with Gasteiger partial charge < -0.3 is 0 Å². The molecular formula is C13H13BrClNO. The summed E-state index contributed by atoms with van der Waals surface area (Å²) < 4.78 is 0. The molecule has 0 aliphatic carbocycles. The first kappa shape index (κ1) is 14.2. The Hall–Kier alpha value is -0.850. The highest BCUT2D eigenvalue weighted by Gasteiger charge is 2.19. The van der Waals surface area contributed by atoms with Gasteiger partial charge in [-0.1, -0.05) is 41.4 Å². The van der Waals surface area contributed by atoms with E-state index < -0.39 is 0 Å². The number of carbonyl (C=O) groups excluding carboxylic acids is 1. The summed E-state index contributed by atoms with van der Waals surface area (Å²) in [4.78, 5) is 11.5. The van der Waals surface area contributed by atoms with Gasteiger partial charge in [0, 0.05) is 10.9 Å². The van der Waals surface area contributed by atoms with Crippen molar-refractivity contribution in [2.75, 3.05) is 0 Å². The molecular weight excluding hydrogens is 302 g/mol. The Morgan fingerprint density at radius 2 is 2.18 bits per heavy atom. The lowest BCUT2D eigenvalue weighted by molar-refractivity contribution is -0.121. The van der Waals surface area contributed by atoms with Crippen LogP contribution >= 0.6 is 27.5 Å². The molecule has 90 valence electrons. The number of Topliss-reactive ketones (excluding diaryl/α,β-unsaturated/α-hetero) is 1. The van der Waals surface area contributed by atoms with E-state index in [4.69, 9.17) is 16.9 Å². The lowest BCUT2D eigenvalue weighted by Crippen LogP contribution is -2.21. The molecule has 0 saturated heterocycles. The molecule has 0 N–H and O–H groups in total. The topological polar surface area (TPSA) is 40.9 Å². The molecule has 0 fully saturated rings. The van der Waals surface area contributed by atoms with E-state index in [0.717, 1.165) is 5.56 Å². The second-order valence-corrected chi connectivity index (χ2v) is 5.66. The van der Waals surface area contributed by atoms with E-state index in [1.165, 1.54) is 0 Å². The molecule has 0 heterocycles. The maximum absolute atomic E-state index is 11.8. The molecule has 17 heavy (non-hydrogen) atoms. The molecule has 1 atom stereocenters. The first-order valence-corrected chi connectivity index (χ1v) is 6.61. The molecule has 1 aromatic carbocycles. The van der Waals surface area contributed by atoms with Gasteiger partial charge >= 0.3 is 0 Å². The number of nitriles is 1. The van der Waals surface area contributed by atoms with Crippen molar-refractivity contribution in [3.8, 4) is 6.07 Å². The predicted molar refractivity (Wildman–Crippen MR) is 72.4 cm³/mol. The van der Waals surface area contributed by atoms with Gasteiger partial charge in [-0.05, 0) is 30.2 Å². The van der Waals surface area contributed by atoms with Crippen molar-refractivity contribution in [2.24, 2.45) is 5.92 Å². The van der Waals surface area contributed by atoms with Crippen molar-refractivity contribution in [3.05, 3.63) is 34.3 Å². The van der Waals surface area contributed by atoms with Gasteiger partial charge in [0.15, 0.2) is 0 Å². The summed E-state index contributed by atoms with van der Waals surface area (Å²) in [7, 11) is 0. The van der Waals surface area contributed by atoms with Gasteiger partial charge in [-0.25, -0.2) is 0 Å². The average molecular weight is 315 g/mol. The number of carbonyl (C=O) groups is 1. The van der Waals surface area contributed by atoms with Crippen molar-refractivity contribution < 1.29 is 4.79 Å². The zero-order valence-corrected chi connectivity index (χ0v) is 12.0. The zero-order chi connectivity index (χ0) is 13.0. The molecule has 0 amide bonds. The normalized spacial score (nSPS) is 12.2. The molecule has 0 aromatic heterocycles. The smallest absolute Gasteiger partial charge is 0.149 e. The van der Waals surface area contributed by atoms with Crippen LogP contribution in [-0.2, 0) is 11.2 Å². The van der Waals surface area contributed by atoms with Crippen LogP contribution in [0.4, 0.5) is 0 Å². The number of alkyl halides is 1. The Morgan fingerprint density at radius 3 is 2.71 bits per heavy atom. The minimum atomic E-state index is -0.256. The van der Waals surface area contributed by atoms with Crippen LogP contribution in [0.25, 0.3) is 0 Å². The summed E-state index contributed by atoms with van der Waals surface area (Å²) >= 11 is 9.41. The summed E-state index contributed by atoms with van der Waals surface area (Å²) in [6.07, 6.45) is 0.505. The van der Waals surface area contributed by atoms with E-state index in [-0.39, 0.29) is 16.5 Å². The van der Waals surface area contributed by atoms with Crippen LogP contribution in [0.5, 0.6) is 0 Å². The number of hydrogen-bond acceptors (Lipinski definition) is 2. The summed E-state index contributed by atoms with van der Waals surface area (Å²) in [5.74, 6) is 0.126. The quantitative estimate of drug-likeness (QED) is 0.794. The summed E-state index contributed by atoms with van der Waals surface area (Å²) in [5.41, 5.74) is 1.38. The fourth-order valence-corrected chi connectivity index (χ4v) is 2.53. The fourth-order valence-electron chi connectivity index (χ4n) is 1.46. The monoisotopic (exact) mass is 313 g/mol. The third-order valence-corrected chi connectivity index (χ3v) is 3.60. The number of hydrogen-bond donors (Lipinski definition) is 0. The summed E-state index contributed by atoms with van der Waals surface area (Å²) in [6.45, 7) is 3.73. The van der Waals surface area contributed by atoms with Crippen LogP contribution in [-0.4, -0.2) is 10.6 Å². The number of nitrogens with zero attached hydrogens (tertiary/aromatic N) is 1. The maximum atomic E-state index is 11.8. The van der Waals surface area contributed by atoms with Gasteiger partial charge in [0.05, 0.1) is 16.5 Å². The van der Waals surface area contributed by atoms with Gasteiger partial charge in [0.1, 0.15) is 5.78 Å². The van der Waals surface area contributed by atoms with Crippen LogP contribution in [0.1, 0.15) is 25.0 Å². The lowest BCUT2D eigenvalue weighted by Gasteiger charge is -2.12. The van der Waals surface area contributed by atoms with Crippen LogP contribution < -0.4 is 0 Å². The van der Waals surface area contributed by atoms with Crippen molar-refractivity contribution in [1.82, 2.24) is 0 Å². The molecule has 1 aromatic rings. The largest absolute Gasteiger partial charge is 0.298 e. The van der Waals surface area contributed by atoms with Crippen LogP contribution in [0.15, 0.2) is 18.2 Å². The Morgan fingerprint density at radius 1 is 1.53 bits per heavy atom. The van der Waals surface area contributed by atoms with Crippen LogP contribution in [0.2, 0.25) is 5.02 Å². The van der Waals surface area contributed by atoms with Crippen LogP contribution in [0.3, 0.4) is 0 Å². The Kier molecular flexibility index (Phi) is 5.17. The minimum absolute atomic E-state index is 0.0164. The van der Waals surface area contributed by atoms with Crippen LogP contribution in [0, 0.1) is 17.2 Å². The molecule has 1 rings (SSSR count). The first-order valence-electron chi connectivity index (χ1n) is 5.32. The highest BCUT2D eigenvalue weighted by Crippen LogP contribution is 2.22. The van der Waals surface area contributed by atoms with E-state index in [1.807, 2.05) is 13.8 Å². The lowest BCUT2D eigenvalue weighted by atomic mass is 10.00. The van der Waals surface area contributed by atoms with Gasteiger partial charge in [-0.15, -0.1) is 0 Å². The molecule has 0 bridgehead atoms. The minimum Gasteiger partial charge on any atom is -0.298 e. The average Bonchev–Trinajstić information content (AvgIpc) is 2.30. The number of halogens is 2. The summed E-state index contributed by atoms with van der Waals surface area (Å²) in [5, 5.41) is 9.40. The van der Waals surface area contributed by atoms with Crippen molar-refractivity contribution in [3.63, 3.8) is 0 Å². The van der Waals surface area contributed by atoms with E-state index >= 15 is 0 Å². The van der Waals surface area contributed by atoms with Crippen molar-refractivity contribution in [2.45, 2.75) is 25.1 Å². The number of rotatable bonds is 4. The number of ketones is 1. The van der Waals surface area contributed by atoms with Gasteiger partial charge in [-0.2, -0.15) is 5.26 Å². The van der Waals surface area contributed by atoms with Gasteiger partial charge in [-0.3, -0.25) is 4.79 Å². The zero-order valence-electron chi connectivity index (χ0n) is 9.71. The Balaban J connectivity index is 2.88. The second-order valence-electron chi connectivity index (χ2n) is 4.15. The molecule has 2 nitrogen and oxygen atoms in total. The highest BCUT2D eigenvalue weighted by atomic mass is 79.9. The third kappa shape index (κ3) is 3.83. The first-order chi connectivity index (χ1) is 7.95. The predicted octanol–water partition coefficient (Wildman–Crippen LogP) is 3.74. The number of benzene rings is 1. The molecule has 4 heteroatoms. The molecule has 0 aliphatic heterocycles. The molecule has 0 aliphatic rings. The van der Waals surface area contributed by atoms with Gasteiger partial charge in [0.25, 0.3) is 0 Å². The molecule has 1 unspecified atom stereocenters. The van der Waals surface area contributed by atoms with Gasteiger partial charge in [0.2, 0.25) is 0 Å². The second kappa shape index (κ2) is 6.18.